The fourth-order valence-electron chi connectivity index (χ4n) is 1.19. The molecule has 0 aliphatic carbocycles. The quantitative estimate of drug-likeness (QED) is 0.826. The summed E-state index contributed by atoms with van der Waals surface area (Å²) in [4.78, 5) is 14.4. The average Bonchev–Trinajstić information content (AvgIpc) is 2.64. The Morgan fingerprint density at radius 1 is 1.50 bits per heavy atom. The summed E-state index contributed by atoms with van der Waals surface area (Å²) in [6.45, 7) is 1.46. The van der Waals surface area contributed by atoms with Gasteiger partial charge in [0.05, 0.1) is 5.69 Å². The molecule has 1 amide bonds. The number of thiazole rings is 1. The molecule has 0 fully saturated rings. The smallest absolute Gasteiger partial charge is 0.365 e. The van der Waals surface area contributed by atoms with E-state index in [4.69, 9.17) is 5.73 Å². The van der Waals surface area contributed by atoms with E-state index in [1.54, 1.807) is 0 Å². The van der Waals surface area contributed by atoms with Crippen LogP contribution in [0, 0.1) is 6.92 Å². The van der Waals surface area contributed by atoms with Gasteiger partial charge in [-0.3, -0.25) is 4.79 Å². The predicted molar refractivity (Wildman–Crippen MR) is 49.1 cm³/mol. The van der Waals surface area contributed by atoms with Gasteiger partial charge in [0, 0.05) is 0 Å². The van der Waals surface area contributed by atoms with Crippen LogP contribution in [0.1, 0.15) is 21.2 Å². The zero-order valence-electron chi connectivity index (χ0n) is 7.87. The lowest BCUT2D eigenvalue weighted by Crippen LogP contribution is -2.12. The third-order valence-corrected chi connectivity index (χ3v) is 3.04. The van der Waals surface area contributed by atoms with E-state index < -0.39 is 17.9 Å². The second-order valence-corrected chi connectivity index (χ2v) is 3.99. The first-order valence-corrected chi connectivity index (χ1v) is 4.85. The molecule has 16 heavy (non-hydrogen) atoms. The number of hydrogen-bond acceptors (Lipinski definition) is 4. The van der Waals surface area contributed by atoms with Crippen molar-refractivity contribution in [2.24, 2.45) is 5.73 Å². The molecule has 0 aliphatic heterocycles. The van der Waals surface area contributed by atoms with Gasteiger partial charge in [-0.2, -0.15) is 18.2 Å². The van der Waals surface area contributed by atoms with Crippen molar-refractivity contribution in [1.82, 2.24) is 14.6 Å². The molecule has 0 unspecified atom stereocenters. The third kappa shape index (κ3) is 1.52. The maximum Gasteiger partial charge on any atom is 0.453 e. The number of amides is 1. The molecule has 0 saturated heterocycles. The molecule has 2 rings (SSSR count). The number of rotatable bonds is 1. The summed E-state index contributed by atoms with van der Waals surface area (Å²) in [5.41, 5.74) is 5.30. The molecule has 2 aromatic heterocycles. The fraction of sp³-hybridized carbons (Fsp3) is 0.286. The molecule has 2 heterocycles. The molecule has 5 nitrogen and oxygen atoms in total. The van der Waals surface area contributed by atoms with E-state index in [0.717, 1.165) is 15.9 Å². The molecule has 0 radical (unpaired) electrons. The lowest BCUT2D eigenvalue weighted by atomic mass is 10.4. The molecule has 9 heteroatoms. The van der Waals surface area contributed by atoms with Crippen LogP contribution in [0.15, 0.2) is 0 Å². The van der Waals surface area contributed by atoms with Crippen molar-refractivity contribution >= 4 is 22.2 Å². The number of nitrogens with zero attached hydrogens (tertiary/aromatic N) is 3. The number of carbonyl (C=O) groups is 1. The zero-order chi connectivity index (χ0) is 12.1. The van der Waals surface area contributed by atoms with Gasteiger partial charge in [0.1, 0.15) is 4.88 Å². The van der Waals surface area contributed by atoms with Crippen molar-refractivity contribution in [2.75, 3.05) is 0 Å². The molecule has 86 valence electrons. The molecule has 2 aromatic rings. The van der Waals surface area contributed by atoms with E-state index in [-0.39, 0.29) is 15.5 Å². The minimum absolute atomic E-state index is 0.00127. The monoisotopic (exact) mass is 250 g/mol. The van der Waals surface area contributed by atoms with Gasteiger partial charge in [0.25, 0.3) is 11.7 Å². The Labute approximate surface area is 90.7 Å². The summed E-state index contributed by atoms with van der Waals surface area (Å²) in [6.07, 6.45) is -4.59. The first-order chi connectivity index (χ1) is 7.30. The van der Waals surface area contributed by atoms with Gasteiger partial charge in [-0.1, -0.05) is 11.3 Å². The third-order valence-electron chi connectivity index (χ3n) is 1.89. The van der Waals surface area contributed by atoms with Crippen molar-refractivity contribution in [2.45, 2.75) is 13.1 Å². The lowest BCUT2D eigenvalue weighted by molar-refractivity contribution is -0.144. The van der Waals surface area contributed by atoms with Crippen LogP contribution in [0.3, 0.4) is 0 Å². The van der Waals surface area contributed by atoms with Gasteiger partial charge in [-0.15, -0.1) is 5.10 Å². The summed E-state index contributed by atoms with van der Waals surface area (Å²) in [5.74, 6) is -1.93. The number of fused-ring (bicyclic) bond motifs is 1. The van der Waals surface area contributed by atoms with Crippen LogP contribution in [0.5, 0.6) is 0 Å². The molecular weight excluding hydrogens is 245 g/mol. The Morgan fingerprint density at radius 3 is 2.56 bits per heavy atom. The van der Waals surface area contributed by atoms with Crippen LogP contribution in [0.2, 0.25) is 0 Å². The summed E-state index contributed by atoms with van der Waals surface area (Å²) in [7, 11) is 0. The molecule has 0 aromatic carbocycles. The number of carbonyl (C=O) groups excluding carboxylic acids is 1. The second-order valence-electron chi connectivity index (χ2n) is 3.01. The highest BCUT2D eigenvalue weighted by molar-refractivity contribution is 7.19. The number of halogens is 3. The SMILES string of the molecule is Cc1c(C(N)=O)sc2nc(C(F)(F)F)nn12. The zero-order valence-corrected chi connectivity index (χ0v) is 8.69. The maximum atomic E-state index is 12.3. The van der Waals surface area contributed by atoms with Crippen molar-refractivity contribution in [3.63, 3.8) is 0 Å². The van der Waals surface area contributed by atoms with E-state index in [1.165, 1.54) is 6.92 Å². The summed E-state index contributed by atoms with van der Waals surface area (Å²) < 4.78 is 37.8. The highest BCUT2D eigenvalue weighted by Gasteiger charge is 2.37. The lowest BCUT2D eigenvalue weighted by Gasteiger charge is -1.98. The van der Waals surface area contributed by atoms with Crippen LogP contribution in [0.25, 0.3) is 4.96 Å². The van der Waals surface area contributed by atoms with E-state index in [0.29, 0.717) is 0 Å². The predicted octanol–water partition coefficient (Wildman–Crippen LogP) is 1.22. The van der Waals surface area contributed by atoms with Crippen LogP contribution in [-0.4, -0.2) is 20.5 Å². The Hall–Kier alpha value is -1.64. The Kier molecular flexibility index (Phi) is 2.15. The molecule has 2 N–H and O–H groups in total. The molecule has 0 saturated carbocycles. The van der Waals surface area contributed by atoms with Crippen LogP contribution >= 0.6 is 11.3 Å². The number of hydrogen-bond donors (Lipinski definition) is 1. The number of primary amides is 1. The van der Waals surface area contributed by atoms with Gasteiger partial charge >= 0.3 is 6.18 Å². The first kappa shape index (κ1) is 10.9. The number of aryl methyl sites for hydroxylation is 1. The second kappa shape index (κ2) is 3.17. The van der Waals surface area contributed by atoms with Crippen LogP contribution < -0.4 is 5.73 Å². The molecule has 0 aliphatic rings. The van der Waals surface area contributed by atoms with Gasteiger partial charge in [0.2, 0.25) is 4.96 Å². The molecule has 0 bridgehead atoms. The maximum absolute atomic E-state index is 12.3. The highest BCUT2D eigenvalue weighted by atomic mass is 32.1. The first-order valence-electron chi connectivity index (χ1n) is 4.04. The average molecular weight is 250 g/mol. The topological polar surface area (TPSA) is 73.3 Å². The van der Waals surface area contributed by atoms with E-state index in [2.05, 4.69) is 10.1 Å². The number of nitrogens with two attached hydrogens (primary N) is 1. The Morgan fingerprint density at radius 2 is 2.12 bits per heavy atom. The van der Waals surface area contributed by atoms with Crippen LogP contribution in [0.4, 0.5) is 13.2 Å². The van der Waals surface area contributed by atoms with Crippen molar-refractivity contribution in [3.05, 3.63) is 16.4 Å². The van der Waals surface area contributed by atoms with Gasteiger partial charge in [0.15, 0.2) is 0 Å². The molecular formula is C7H5F3N4OS. The Bertz CT molecular complexity index is 570. The van der Waals surface area contributed by atoms with Crippen molar-refractivity contribution in [3.8, 4) is 0 Å². The van der Waals surface area contributed by atoms with Gasteiger partial charge < -0.3 is 5.73 Å². The number of aromatic nitrogens is 3. The molecule has 0 atom stereocenters. The normalized spacial score (nSPS) is 12.2. The summed E-state index contributed by atoms with van der Waals surface area (Å²) in [5, 5.41) is 3.27. The minimum Gasteiger partial charge on any atom is -0.365 e. The molecule has 0 spiro atoms. The van der Waals surface area contributed by atoms with Gasteiger partial charge in [-0.05, 0) is 6.92 Å². The standard InChI is InChI=1S/C7H5F3N4OS/c1-2-3(4(11)15)16-6-12-5(7(8,9)10)13-14(2)6/h1H3,(H2,11,15). The minimum atomic E-state index is -4.59. The highest BCUT2D eigenvalue weighted by Crippen LogP contribution is 2.29. The Balaban J connectivity index is 2.63. The van der Waals surface area contributed by atoms with Crippen molar-refractivity contribution < 1.29 is 18.0 Å². The largest absolute Gasteiger partial charge is 0.453 e. The van der Waals surface area contributed by atoms with Crippen LogP contribution in [-0.2, 0) is 6.18 Å². The van der Waals surface area contributed by atoms with E-state index >= 15 is 0 Å². The fourth-order valence-corrected chi connectivity index (χ4v) is 2.11. The van der Waals surface area contributed by atoms with Gasteiger partial charge in [-0.25, -0.2) is 4.52 Å². The summed E-state index contributed by atoms with van der Waals surface area (Å²) >= 11 is 0.784. The van der Waals surface area contributed by atoms with Crippen molar-refractivity contribution in [1.29, 1.82) is 0 Å². The van der Waals surface area contributed by atoms with E-state index in [9.17, 15) is 18.0 Å². The summed E-state index contributed by atoms with van der Waals surface area (Å²) in [6, 6.07) is 0. The van der Waals surface area contributed by atoms with E-state index in [1.807, 2.05) is 0 Å². The number of alkyl halides is 3.